The molecule has 5 nitrogen and oxygen atoms in total. The summed E-state index contributed by atoms with van der Waals surface area (Å²) in [5.41, 5.74) is -0.192. The molecular formula is C14H7IO5S. The van der Waals surface area contributed by atoms with Crippen molar-refractivity contribution in [1.29, 1.82) is 0 Å². The van der Waals surface area contributed by atoms with Crippen LogP contribution >= 0.6 is 22.6 Å². The molecule has 0 spiro atoms. The fourth-order valence-corrected chi connectivity index (χ4v) is 4.29. The molecule has 0 aliphatic carbocycles. The number of rotatable bonds is 0. The molecule has 1 aliphatic heterocycles. The number of hydrogen-bond donors (Lipinski definition) is 0. The molecule has 0 saturated heterocycles. The van der Waals surface area contributed by atoms with Crippen LogP contribution in [0.25, 0.3) is 0 Å². The zero-order valence-corrected chi connectivity index (χ0v) is 13.3. The lowest BCUT2D eigenvalue weighted by molar-refractivity contribution is 0.0724. The number of halogens is 1. The minimum atomic E-state index is -4.26. The van der Waals surface area contributed by atoms with Gasteiger partial charge in [-0.25, -0.2) is 13.2 Å². The number of carbonyl (C=O) groups excluding carboxylic acids is 2. The summed E-state index contributed by atoms with van der Waals surface area (Å²) >= 11 is 1.82. The zero-order valence-electron chi connectivity index (χ0n) is 10.4. The molecule has 0 aromatic heterocycles. The fraction of sp³-hybridized carbons (Fsp3) is 0. The van der Waals surface area contributed by atoms with Gasteiger partial charge in [-0.3, -0.25) is 4.79 Å². The Morgan fingerprint density at radius 2 is 1.67 bits per heavy atom. The summed E-state index contributed by atoms with van der Waals surface area (Å²) in [7, 11) is -4.26. The topological polar surface area (TPSA) is 77.5 Å². The molecule has 2 aromatic carbocycles. The molecule has 7 heteroatoms. The first-order valence-corrected chi connectivity index (χ1v) is 8.38. The molecule has 1 heterocycles. The number of carbonyl (C=O) groups is 2. The quantitative estimate of drug-likeness (QED) is 0.376. The summed E-state index contributed by atoms with van der Waals surface area (Å²) in [5, 5.41) is -1.09. The summed E-state index contributed by atoms with van der Waals surface area (Å²) in [4.78, 5) is 24.3. The smallest absolute Gasteiger partial charge is 0.344 e. The highest BCUT2D eigenvalue weighted by molar-refractivity contribution is 14.1. The molecule has 3 rings (SSSR count). The molecule has 21 heavy (non-hydrogen) atoms. The first-order valence-electron chi connectivity index (χ1n) is 5.82. The van der Waals surface area contributed by atoms with Gasteiger partial charge < -0.3 is 4.74 Å². The van der Waals surface area contributed by atoms with Crippen LogP contribution < -0.4 is 4.74 Å². The van der Waals surface area contributed by atoms with Crippen molar-refractivity contribution >= 4 is 43.5 Å². The average Bonchev–Trinajstić information content (AvgIpc) is 2.45. The van der Waals surface area contributed by atoms with Crippen LogP contribution in [0.1, 0.15) is 20.7 Å². The second kappa shape index (κ2) is 4.92. The second-order valence-corrected chi connectivity index (χ2v) is 7.27. The Bertz CT molecular complexity index is 886. The highest BCUT2D eigenvalue weighted by atomic mass is 127. The van der Waals surface area contributed by atoms with Crippen LogP contribution in [-0.2, 0) is 9.84 Å². The van der Waals surface area contributed by atoms with E-state index in [-0.39, 0.29) is 21.8 Å². The zero-order chi connectivity index (χ0) is 15.2. The van der Waals surface area contributed by atoms with Gasteiger partial charge in [-0.05, 0) is 46.9 Å². The summed E-state index contributed by atoms with van der Waals surface area (Å²) in [6.07, 6.45) is 0. The summed E-state index contributed by atoms with van der Waals surface area (Å²) in [5.74, 6) is -0.889. The Hall–Kier alpha value is -1.74. The van der Waals surface area contributed by atoms with Gasteiger partial charge in [0.15, 0.2) is 0 Å². The molecule has 1 aliphatic rings. The molecule has 0 amide bonds. The second-order valence-electron chi connectivity index (χ2n) is 4.29. The Morgan fingerprint density at radius 1 is 0.952 bits per heavy atom. The van der Waals surface area contributed by atoms with Crippen molar-refractivity contribution in [3.63, 3.8) is 0 Å². The number of sulfone groups is 1. The van der Waals surface area contributed by atoms with Gasteiger partial charge >= 0.3 is 5.97 Å². The van der Waals surface area contributed by atoms with E-state index < -0.39 is 20.9 Å². The van der Waals surface area contributed by atoms with Gasteiger partial charge in [-0.1, -0.05) is 18.2 Å². The van der Waals surface area contributed by atoms with Crippen molar-refractivity contribution in [1.82, 2.24) is 0 Å². The van der Waals surface area contributed by atoms with Gasteiger partial charge in [-0.2, -0.15) is 0 Å². The predicted molar refractivity (Wildman–Crippen MR) is 82.1 cm³/mol. The van der Waals surface area contributed by atoms with E-state index >= 15 is 0 Å². The predicted octanol–water partition coefficient (Wildman–Crippen LogP) is 2.44. The van der Waals surface area contributed by atoms with E-state index in [0.29, 0.717) is 3.57 Å². The van der Waals surface area contributed by atoms with E-state index in [0.717, 1.165) is 0 Å². The molecule has 2 aromatic rings. The van der Waals surface area contributed by atoms with Crippen molar-refractivity contribution in [2.75, 3.05) is 0 Å². The van der Waals surface area contributed by atoms with E-state index in [9.17, 15) is 18.0 Å². The maximum Gasteiger partial charge on any atom is 0.344 e. The molecule has 0 fully saturated rings. The number of para-hydroxylation sites is 1. The van der Waals surface area contributed by atoms with Crippen LogP contribution in [0.15, 0.2) is 47.4 Å². The van der Waals surface area contributed by atoms with E-state index in [1.807, 2.05) is 22.6 Å². The molecule has 0 N–H and O–H groups in total. The first kappa shape index (κ1) is 14.2. The highest BCUT2D eigenvalue weighted by Gasteiger charge is 2.36. The van der Waals surface area contributed by atoms with Gasteiger partial charge in [-0.15, -0.1) is 0 Å². The third-order valence-electron chi connectivity index (χ3n) is 3.02. The van der Waals surface area contributed by atoms with Crippen molar-refractivity contribution < 1.29 is 22.7 Å². The minimum Gasteiger partial charge on any atom is -0.422 e. The Labute approximate surface area is 134 Å². The molecule has 0 unspecified atom stereocenters. The van der Waals surface area contributed by atoms with E-state index in [2.05, 4.69) is 0 Å². The van der Waals surface area contributed by atoms with Crippen LogP contribution in [0.4, 0.5) is 0 Å². The maximum absolute atomic E-state index is 12.5. The van der Waals surface area contributed by atoms with Crippen LogP contribution in [0, 0.1) is 3.57 Å². The average molecular weight is 414 g/mol. The van der Waals surface area contributed by atoms with Crippen LogP contribution in [0.5, 0.6) is 5.75 Å². The lowest BCUT2D eigenvalue weighted by Gasteiger charge is -2.16. The number of hydrogen-bond acceptors (Lipinski definition) is 5. The summed E-state index contributed by atoms with van der Waals surface area (Å²) < 4.78 is 30.4. The monoisotopic (exact) mass is 414 g/mol. The molecule has 0 atom stereocenters. The first-order chi connectivity index (χ1) is 9.93. The van der Waals surface area contributed by atoms with Gasteiger partial charge in [0, 0.05) is 3.57 Å². The van der Waals surface area contributed by atoms with E-state index in [1.54, 1.807) is 12.1 Å². The largest absolute Gasteiger partial charge is 0.422 e. The normalized spacial score (nSPS) is 16.2. The number of fused-ring (bicyclic) bond motifs is 2. The van der Waals surface area contributed by atoms with Crippen molar-refractivity contribution in [3.8, 4) is 5.75 Å². The van der Waals surface area contributed by atoms with Crippen LogP contribution in [0.2, 0.25) is 0 Å². The molecule has 0 radical (unpaired) electrons. The molecular weight excluding hydrogens is 407 g/mol. The molecule has 0 bridgehead atoms. The Morgan fingerprint density at radius 3 is 2.43 bits per heavy atom. The summed E-state index contributed by atoms with van der Waals surface area (Å²) in [6.45, 7) is 0. The maximum atomic E-state index is 12.5. The van der Waals surface area contributed by atoms with Gasteiger partial charge in [0.2, 0.25) is 9.84 Å². The highest BCUT2D eigenvalue weighted by Crippen LogP contribution is 2.32. The number of benzene rings is 2. The standard InChI is InChI=1S/C14H7IO5S/c15-9-5-3-4-8-12(9)14(17)21(18,19)11-7-2-1-6-10(11)20-13(8)16/h1-7H. The molecule has 0 saturated carbocycles. The molecule has 106 valence electrons. The Balaban J connectivity index is 2.38. The SMILES string of the molecule is O=C1Oc2ccccc2S(=O)(=O)C(=O)c2c(I)cccc21. The third kappa shape index (κ3) is 2.16. The fourth-order valence-electron chi connectivity index (χ4n) is 2.05. The van der Waals surface area contributed by atoms with Gasteiger partial charge in [0.25, 0.3) is 5.12 Å². The van der Waals surface area contributed by atoms with Crippen molar-refractivity contribution in [2.24, 2.45) is 0 Å². The number of esters is 1. The minimum absolute atomic E-state index is 0.0509. The third-order valence-corrected chi connectivity index (χ3v) is 5.53. The lowest BCUT2D eigenvalue weighted by Crippen LogP contribution is -2.25. The Kier molecular flexibility index (Phi) is 3.33. The van der Waals surface area contributed by atoms with Gasteiger partial charge in [0.05, 0.1) is 11.1 Å². The van der Waals surface area contributed by atoms with E-state index in [4.69, 9.17) is 4.74 Å². The number of ether oxygens (including phenoxy) is 1. The van der Waals surface area contributed by atoms with E-state index in [1.165, 1.54) is 30.3 Å². The van der Waals surface area contributed by atoms with Crippen molar-refractivity contribution in [3.05, 3.63) is 57.2 Å². The summed E-state index contributed by atoms with van der Waals surface area (Å²) in [6, 6.07) is 10.1. The lowest BCUT2D eigenvalue weighted by atomic mass is 10.1. The van der Waals surface area contributed by atoms with Crippen molar-refractivity contribution in [2.45, 2.75) is 4.90 Å². The van der Waals surface area contributed by atoms with Gasteiger partial charge in [0.1, 0.15) is 10.6 Å². The van der Waals surface area contributed by atoms with Crippen LogP contribution in [-0.4, -0.2) is 19.5 Å². The van der Waals surface area contributed by atoms with Crippen LogP contribution in [0.3, 0.4) is 0 Å².